The summed E-state index contributed by atoms with van der Waals surface area (Å²) in [5.41, 5.74) is 0.507. The summed E-state index contributed by atoms with van der Waals surface area (Å²) in [4.78, 5) is 20.4. The van der Waals surface area contributed by atoms with Crippen LogP contribution in [0.3, 0.4) is 0 Å². The van der Waals surface area contributed by atoms with Gasteiger partial charge in [-0.15, -0.1) is 0 Å². The van der Waals surface area contributed by atoms with Gasteiger partial charge in [0.25, 0.3) is 0 Å². The Morgan fingerprint density at radius 3 is 2.50 bits per heavy atom. The van der Waals surface area contributed by atoms with E-state index in [0.717, 1.165) is 10.2 Å². The highest BCUT2D eigenvalue weighted by atomic mass is 79.9. The minimum Gasteiger partial charge on any atom is -0.444 e. The zero-order chi connectivity index (χ0) is 17.5. The summed E-state index contributed by atoms with van der Waals surface area (Å²) in [6.07, 6.45) is 1.41. The molecule has 1 amide bonds. The quantitative estimate of drug-likeness (QED) is 0.655. The van der Waals surface area contributed by atoms with E-state index < -0.39 is 5.60 Å². The maximum atomic E-state index is 12.3. The highest BCUT2D eigenvalue weighted by Crippen LogP contribution is 2.29. The van der Waals surface area contributed by atoms with Crippen molar-refractivity contribution in [3.05, 3.63) is 21.9 Å². The predicted octanol–water partition coefficient (Wildman–Crippen LogP) is 3.32. The number of hydrogen-bond donors (Lipinski definition) is 0. The number of rotatable bonds is 1. The topological polar surface area (TPSA) is 54.9 Å². The van der Waals surface area contributed by atoms with Crippen LogP contribution in [0.4, 0.5) is 10.5 Å². The van der Waals surface area contributed by atoms with Crippen molar-refractivity contribution in [3.8, 4) is 0 Å². The molecule has 3 rings (SSSR count). The molecule has 2 aliphatic heterocycles. The van der Waals surface area contributed by atoms with Gasteiger partial charge in [0.15, 0.2) is 0 Å². The van der Waals surface area contributed by atoms with Gasteiger partial charge >= 0.3 is 6.09 Å². The van der Waals surface area contributed by atoms with E-state index in [1.807, 2.05) is 26.8 Å². The lowest BCUT2D eigenvalue weighted by Crippen LogP contribution is -2.61. The van der Waals surface area contributed by atoms with Crippen LogP contribution in [0.15, 0.2) is 16.7 Å². The van der Waals surface area contributed by atoms with Gasteiger partial charge in [0, 0.05) is 13.1 Å². The van der Waals surface area contributed by atoms with Crippen molar-refractivity contribution in [3.63, 3.8) is 0 Å². The van der Waals surface area contributed by atoms with Crippen molar-refractivity contribution < 1.29 is 14.3 Å². The number of ether oxygens (including phenoxy) is 2. The molecule has 8 heteroatoms. The van der Waals surface area contributed by atoms with Gasteiger partial charge in [-0.3, -0.25) is 0 Å². The molecule has 2 bridgehead atoms. The van der Waals surface area contributed by atoms with E-state index in [0.29, 0.717) is 31.3 Å². The zero-order valence-electron chi connectivity index (χ0n) is 14.0. The summed E-state index contributed by atoms with van der Waals surface area (Å²) in [7, 11) is 0. The summed E-state index contributed by atoms with van der Waals surface area (Å²) >= 11 is 9.37. The average molecular weight is 419 g/mol. The largest absolute Gasteiger partial charge is 0.444 e. The van der Waals surface area contributed by atoms with Crippen LogP contribution in [0, 0.1) is 0 Å². The van der Waals surface area contributed by atoms with Gasteiger partial charge in [-0.05, 0) is 42.8 Å². The molecule has 132 valence electrons. The maximum Gasteiger partial charge on any atom is 0.410 e. The monoisotopic (exact) mass is 417 g/mol. The summed E-state index contributed by atoms with van der Waals surface area (Å²) in [5, 5.41) is 0.448. The average Bonchev–Trinajstić information content (AvgIpc) is 2.47. The Morgan fingerprint density at radius 1 is 1.33 bits per heavy atom. The second-order valence-corrected chi connectivity index (χ2v) is 8.35. The zero-order valence-corrected chi connectivity index (χ0v) is 16.3. The number of pyridine rings is 1. The lowest BCUT2D eigenvalue weighted by molar-refractivity contribution is -0.0949. The normalized spacial score (nSPS) is 24.0. The molecule has 24 heavy (non-hydrogen) atoms. The molecule has 0 saturated carbocycles. The third-order valence-electron chi connectivity index (χ3n) is 3.88. The molecule has 1 aromatic heterocycles. The van der Waals surface area contributed by atoms with Crippen molar-refractivity contribution in [2.75, 3.05) is 31.1 Å². The van der Waals surface area contributed by atoms with Crippen LogP contribution in [0.1, 0.15) is 20.8 Å². The molecule has 0 N–H and O–H groups in total. The molecule has 0 aliphatic carbocycles. The van der Waals surface area contributed by atoms with Gasteiger partial charge in [-0.1, -0.05) is 11.6 Å². The van der Waals surface area contributed by atoms with Crippen LogP contribution in [-0.4, -0.2) is 60.0 Å². The molecule has 6 nitrogen and oxygen atoms in total. The number of carbonyl (C=O) groups is 1. The first-order valence-electron chi connectivity index (χ1n) is 7.90. The molecule has 1 aromatic rings. The number of nitrogens with zero attached hydrogens (tertiary/aromatic N) is 3. The van der Waals surface area contributed by atoms with Gasteiger partial charge in [0.2, 0.25) is 0 Å². The molecule has 2 atom stereocenters. The van der Waals surface area contributed by atoms with Crippen LogP contribution < -0.4 is 4.90 Å². The summed E-state index contributed by atoms with van der Waals surface area (Å²) in [6.45, 7) is 8.09. The van der Waals surface area contributed by atoms with Gasteiger partial charge < -0.3 is 19.3 Å². The van der Waals surface area contributed by atoms with Crippen molar-refractivity contribution in [2.24, 2.45) is 0 Å². The molecule has 2 unspecified atom stereocenters. The van der Waals surface area contributed by atoms with E-state index in [4.69, 9.17) is 21.1 Å². The Kier molecular flexibility index (Phi) is 4.95. The van der Waals surface area contributed by atoms with Gasteiger partial charge in [0.1, 0.15) is 10.8 Å². The molecule has 2 aliphatic rings. The highest BCUT2D eigenvalue weighted by molar-refractivity contribution is 9.10. The minimum atomic E-state index is -0.488. The first-order chi connectivity index (χ1) is 11.2. The Bertz CT molecular complexity index is 623. The van der Waals surface area contributed by atoms with E-state index in [-0.39, 0.29) is 18.3 Å². The number of amides is 1. The number of fused-ring (bicyclic) bond motifs is 2. The van der Waals surface area contributed by atoms with Crippen LogP contribution in [0.25, 0.3) is 0 Å². The fraction of sp³-hybridized carbons (Fsp3) is 0.625. The van der Waals surface area contributed by atoms with E-state index in [9.17, 15) is 4.79 Å². The highest BCUT2D eigenvalue weighted by Gasteiger charge is 2.38. The summed E-state index contributed by atoms with van der Waals surface area (Å²) < 4.78 is 12.2. The Morgan fingerprint density at radius 2 is 1.96 bits per heavy atom. The van der Waals surface area contributed by atoms with Crippen LogP contribution >= 0.6 is 27.5 Å². The number of halogens is 2. The first-order valence-corrected chi connectivity index (χ1v) is 9.08. The number of anilines is 1. The molecule has 2 saturated heterocycles. The van der Waals surface area contributed by atoms with Gasteiger partial charge in [0.05, 0.1) is 41.7 Å². The molecular formula is C16H21BrClN3O3. The van der Waals surface area contributed by atoms with E-state index >= 15 is 0 Å². The number of aromatic nitrogens is 1. The van der Waals surface area contributed by atoms with Crippen molar-refractivity contribution >= 4 is 39.3 Å². The number of hydrogen-bond acceptors (Lipinski definition) is 5. The lowest BCUT2D eigenvalue weighted by Gasteiger charge is -2.46. The summed E-state index contributed by atoms with van der Waals surface area (Å²) in [6, 6.07) is 1.96. The van der Waals surface area contributed by atoms with E-state index in [2.05, 4.69) is 25.8 Å². The van der Waals surface area contributed by atoms with Crippen LogP contribution in [-0.2, 0) is 9.47 Å². The number of carbonyl (C=O) groups excluding carboxylic acids is 1. The fourth-order valence-electron chi connectivity index (χ4n) is 2.96. The summed E-state index contributed by atoms with van der Waals surface area (Å²) in [5.74, 6) is 0. The molecular weight excluding hydrogens is 398 g/mol. The van der Waals surface area contributed by atoms with Crippen LogP contribution in [0.2, 0.25) is 5.15 Å². The Labute approximate surface area is 155 Å². The van der Waals surface area contributed by atoms with Crippen LogP contribution in [0.5, 0.6) is 0 Å². The lowest BCUT2D eigenvalue weighted by atomic mass is 10.1. The standard InChI is InChI=1S/C16H21BrClN3O3/c1-16(2,3)24-15(22)21-8-11-6-20(7-12(9-21)23-11)10-4-13(17)14(18)19-5-10/h4-5,11-12H,6-9H2,1-3H3. The molecule has 0 radical (unpaired) electrons. The third kappa shape index (κ3) is 4.13. The van der Waals surface area contributed by atoms with E-state index in [1.54, 1.807) is 11.1 Å². The Balaban J connectivity index is 1.66. The third-order valence-corrected chi connectivity index (χ3v) is 5.01. The second-order valence-electron chi connectivity index (χ2n) is 7.14. The van der Waals surface area contributed by atoms with Gasteiger partial charge in [-0.2, -0.15) is 0 Å². The second kappa shape index (κ2) is 6.69. The smallest absolute Gasteiger partial charge is 0.410 e. The van der Waals surface area contributed by atoms with E-state index in [1.165, 1.54) is 0 Å². The predicted molar refractivity (Wildman–Crippen MR) is 95.6 cm³/mol. The molecule has 0 aromatic carbocycles. The SMILES string of the molecule is CC(C)(C)OC(=O)N1CC2CN(c3cnc(Cl)c(Br)c3)CC(C1)O2. The Hall–Kier alpha value is -1.05. The van der Waals surface area contributed by atoms with Crippen molar-refractivity contribution in [1.29, 1.82) is 0 Å². The van der Waals surface area contributed by atoms with Crippen molar-refractivity contribution in [1.82, 2.24) is 9.88 Å². The van der Waals surface area contributed by atoms with Crippen molar-refractivity contribution in [2.45, 2.75) is 38.6 Å². The minimum absolute atomic E-state index is 0.0422. The van der Waals surface area contributed by atoms with Gasteiger partial charge in [-0.25, -0.2) is 9.78 Å². The molecule has 2 fully saturated rings. The molecule has 0 spiro atoms. The molecule has 3 heterocycles. The number of morpholine rings is 2. The fourth-order valence-corrected chi connectivity index (χ4v) is 3.40. The maximum absolute atomic E-state index is 12.3. The first kappa shape index (κ1) is 17.8.